The Morgan fingerprint density at radius 2 is 1.45 bits per heavy atom. The van der Waals surface area contributed by atoms with E-state index in [0.717, 1.165) is 17.8 Å². The highest BCUT2D eigenvalue weighted by atomic mass is 14.4. The van der Waals surface area contributed by atoms with E-state index in [-0.39, 0.29) is 0 Å². The molecule has 0 spiro atoms. The molecule has 0 aromatic rings. The summed E-state index contributed by atoms with van der Waals surface area (Å²) in [5, 5.41) is 0. The minimum Gasteiger partial charge on any atom is -0.0683 e. The fourth-order valence-electron chi connectivity index (χ4n) is 2.71. The van der Waals surface area contributed by atoms with Gasteiger partial charge in [-0.1, -0.05) is 33.6 Å². The van der Waals surface area contributed by atoms with Crippen molar-refractivity contribution in [1.29, 1.82) is 0 Å². The van der Waals surface area contributed by atoms with E-state index in [2.05, 4.69) is 6.92 Å². The summed E-state index contributed by atoms with van der Waals surface area (Å²) in [4.78, 5) is 0. The molecule has 11 heavy (non-hydrogen) atoms. The summed E-state index contributed by atoms with van der Waals surface area (Å²) in [6.45, 7) is 6.44. The van der Waals surface area contributed by atoms with Crippen molar-refractivity contribution in [2.24, 2.45) is 17.8 Å². The molecule has 2 bridgehead atoms. The van der Waals surface area contributed by atoms with Gasteiger partial charge in [0.25, 0.3) is 0 Å². The van der Waals surface area contributed by atoms with Gasteiger partial charge in [0, 0.05) is 0 Å². The normalized spacial score (nSPS) is 41.2. The maximum Gasteiger partial charge on any atom is -0.0388 e. The highest BCUT2D eigenvalue weighted by Crippen LogP contribution is 2.44. The van der Waals surface area contributed by atoms with Crippen molar-refractivity contribution >= 4 is 0 Å². The Balaban J connectivity index is 0.000000281. The molecular weight excluding hydrogens is 132 g/mol. The van der Waals surface area contributed by atoms with E-state index in [1.165, 1.54) is 0 Å². The van der Waals surface area contributed by atoms with Crippen molar-refractivity contribution in [3.63, 3.8) is 0 Å². The lowest BCUT2D eigenvalue weighted by Gasteiger charge is -2.40. The second-order valence-corrected chi connectivity index (χ2v) is 3.99. The molecule has 66 valence electrons. The van der Waals surface area contributed by atoms with Crippen molar-refractivity contribution in [3.8, 4) is 0 Å². The van der Waals surface area contributed by atoms with Crippen molar-refractivity contribution in [2.75, 3.05) is 0 Å². The molecule has 3 aliphatic carbocycles. The minimum absolute atomic E-state index is 1.07. The van der Waals surface area contributed by atoms with E-state index in [9.17, 15) is 0 Å². The van der Waals surface area contributed by atoms with Crippen molar-refractivity contribution in [2.45, 2.75) is 52.9 Å². The lowest BCUT2D eigenvalue weighted by Crippen LogP contribution is -2.29. The molecule has 0 aromatic heterocycles. The van der Waals surface area contributed by atoms with Crippen molar-refractivity contribution in [1.82, 2.24) is 0 Å². The van der Waals surface area contributed by atoms with Crippen LogP contribution < -0.4 is 0 Å². The van der Waals surface area contributed by atoms with Gasteiger partial charge >= 0.3 is 0 Å². The lowest BCUT2D eigenvalue weighted by molar-refractivity contribution is 0.111. The third-order valence-corrected chi connectivity index (χ3v) is 3.40. The average molecular weight is 154 g/mol. The molecule has 3 rings (SSSR count). The molecule has 0 nitrogen and oxygen atoms in total. The Labute approximate surface area is 71.4 Å². The van der Waals surface area contributed by atoms with Crippen LogP contribution in [0.4, 0.5) is 0 Å². The number of fused-ring (bicyclic) bond motifs is 3. The van der Waals surface area contributed by atoms with Gasteiger partial charge in [0.2, 0.25) is 0 Å². The van der Waals surface area contributed by atoms with Gasteiger partial charge in [-0.05, 0) is 37.0 Å². The Kier molecular flexibility index (Phi) is 3.42. The van der Waals surface area contributed by atoms with E-state index >= 15 is 0 Å². The third-order valence-electron chi connectivity index (χ3n) is 3.40. The van der Waals surface area contributed by atoms with Gasteiger partial charge in [0.1, 0.15) is 0 Å². The second kappa shape index (κ2) is 4.13. The van der Waals surface area contributed by atoms with Crippen LogP contribution in [0.25, 0.3) is 0 Å². The van der Waals surface area contributed by atoms with Crippen molar-refractivity contribution in [3.05, 3.63) is 0 Å². The molecular formula is C11H22. The summed E-state index contributed by atoms with van der Waals surface area (Å²) in [5.74, 6) is 3.32. The molecule has 1 unspecified atom stereocenters. The molecule has 1 atom stereocenters. The van der Waals surface area contributed by atoms with Crippen molar-refractivity contribution < 1.29 is 0 Å². The molecule has 0 saturated heterocycles. The monoisotopic (exact) mass is 154 g/mol. The molecule has 3 fully saturated rings. The maximum atomic E-state index is 2.44. The van der Waals surface area contributed by atoms with E-state index < -0.39 is 0 Å². The lowest BCUT2D eigenvalue weighted by atomic mass is 9.65. The molecule has 0 aromatic carbocycles. The Morgan fingerprint density at radius 3 is 1.64 bits per heavy atom. The second-order valence-electron chi connectivity index (χ2n) is 3.99. The molecule has 0 N–H and O–H groups in total. The Bertz CT molecular complexity index is 98.6. The van der Waals surface area contributed by atoms with E-state index in [1.807, 2.05) is 13.8 Å². The summed E-state index contributed by atoms with van der Waals surface area (Å²) in [6.07, 6.45) is 7.74. The zero-order valence-corrected chi connectivity index (χ0v) is 8.27. The fraction of sp³-hybridized carbons (Fsp3) is 1.00. The van der Waals surface area contributed by atoms with Gasteiger partial charge < -0.3 is 0 Å². The summed E-state index contributed by atoms with van der Waals surface area (Å²) < 4.78 is 0. The Morgan fingerprint density at radius 1 is 0.909 bits per heavy atom. The molecule has 0 radical (unpaired) electrons. The number of hydrogen-bond donors (Lipinski definition) is 0. The smallest absolute Gasteiger partial charge is 0.0388 e. The SMILES string of the molecule is CC.CC1CC2CCC1CC2. The molecule has 0 amide bonds. The van der Waals surface area contributed by atoms with Crippen LogP contribution in [0.1, 0.15) is 52.9 Å². The summed E-state index contributed by atoms with van der Waals surface area (Å²) in [6, 6.07) is 0. The molecule has 3 saturated carbocycles. The predicted octanol–water partition coefficient (Wildman–Crippen LogP) is 3.86. The van der Waals surface area contributed by atoms with Gasteiger partial charge in [-0.25, -0.2) is 0 Å². The predicted molar refractivity (Wildman–Crippen MR) is 50.6 cm³/mol. The van der Waals surface area contributed by atoms with Crippen LogP contribution in [0.3, 0.4) is 0 Å². The zero-order chi connectivity index (χ0) is 8.27. The standard InChI is InChI=1S/C9H16.C2H6/c1-7-6-8-2-4-9(7)5-3-8;1-2/h7-9H,2-6H2,1H3;1-2H3. The van der Waals surface area contributed by atoms with Crippen LogP contribution in [0.5, 0.6) is 0 Å². The van der Waals surface area contributed by atoms with Gasteiger partial charge in [-0.15, -0.1) is 0 Å². The third kappa shape index (κ3) is 1.98. The van der Waals surface area contributed by atoms with E-state index in [0.29, 0.717) is 0 Å². The zero-order valence-electron chi connectivity index (χ0n) is 8.27. The largest absolute Gasteiger partial charge is 0.0683 e. The summed E-state index contributed by atoms with van der Waals surface area (Å²) in [5.41, 5.74) is 0. The van der Waals surface area contributed by atoms with Crippen LogP contribution in [-0.4, -0.2) is 0 Å². The highest BCUT2D eigenvalue weighted by molar-refractivity contribution is 4.83. The highest BCUT2D eigenvalue weighted by Gasteiger charge is 2.32. The number of hydrogen-bond acceptors (Lipinski definition) is 0. The van der Waals surface area contributed by atoms with Gasteiger partial charge in [0.15, 0.2) is 0 Å². The van der Waals surface area contributed by atoms with Crippen LogP contribution in [-0.2, 0) is 0 Å². The molecule has 0 aliphatic heterocycles. The minimum atomic E-state index is 1.07. The average Bonchev–Trinajstić information content (AvgIpc) is 2.10. The molecule has 0 heteroatoms. The topological polar surface area (TPSA) is 0 Å². The molecule has 0 heterocycles. The van der Waals surface area contributed by atoms with Crippen LogP contribution in [0.2, 0.25) is 0 Å². The fourth-order valence-corrected chi connectivity index (χ4v) is 2.71. The first-order chi connectivity index (χ1) is 5.36. The van der Waals surface area contributed by atoms with Crippen LogP contribution in [0, 0.1) is 17.8 Å². The first-order valence-corrected chi connectivity index (χ1v) is 5.36. The first-order valence-electron chi connectivity index (χ1n) is 5.36. The quantitative estimate of drug-likeness (QED) is 0.497. The van der Waals surface area contributed by atoms with E-state index in [1.54, 1.807) is 32.1 Å². The van der Waals surface area contributed by atoms with Crippen LogP contribution >= 0.6 is 0 Å². The van der Waals surface area contributed by atoms with Crippen LogP contribution in [0.15, 0.2) is 0 Å². The van der Waals surface area contributed by atoms with Gasteiger partial charge in [-0.3, -0.25) is 0 Å². The maximum absolute atomic E-state index is 2.44. The van der Waals surface area contributed by atoms with Gasteiger partial charge in [-0.2, -0.15) is 0 Å². The summed E-state index contributed by atoms with van der Waals surface area (Å²) >= 11 is 0. The van der Waals surface area contributed by atoms with Gasteiger partial charge in [0.05, 0.1) is 0 Å². The van der Waals surface area contributed by atoms with E-state index in [4.69, 9.17) is 0 Å². The Hall–Kier alpha value is 0. The first kappa shape index (κ1) is 9.09. The summed E-state index contributed by atoms with van der Waals surface area (Å²) in [7, 11) is 0. The number of rotatable bonds is 0. The molecule has 3 aliphatic rings.